The molecule has 0 saturated heterocycles. The summed E-state index contributed by atoms with van der Waals surface area (Å²) in [5.41, 5.74) is -1.65. The van der Waals surface area contributed by atoms with Crippen molar-refractivity contribution in [3.8, 4) is 5.75 Å². The van der Waals surface area contributed by atoms with E-state index in [-0.39, 0.29) is 30.4 Å². The van der Waals surface area contributed by atoms with Gasteiger partial charge in [0.2, 0.25) is 5.43 Å². The lowest BCUT2D eigenvalue weighted by atomic mass is 10.1. The van der Waals surface area contributed by atoms with Crippen LogP contribution in [0, 0.1) is 11.6 Å². The maximum Gasteiger partial charge on any atom is 0.276 e. The molecular weight excluding hydrogens is 400 g/mol. The van der Waals surface area contributed by atoms with Crippen LogP contribution in [0.1, 0.15) is 40.3 Å². The number of aromatic hydroxyl groups is 1. The molecule has 2 aromatic rings. The van der Waals surface area contributed by atoms with Gasteiger partial charge in [-0.3, -0.25) is 14.4 Å². The number of carbonyl (C=O) groups excluding carboxylic acids is 2. The largest absolute Gasteiger partial charge is 0.503 e. The van der Waals surface area contributed by atoms with Crippen LogP contribution in [-0.4, -0.2) is 45.8 Å². The van der Waals surface area contributed by atoms with Crippen molar-refractivity contribution in [3.05, 3.63) is 63.1 Å². The van der Waals surface area contributed by atoms with Gasteiger partial charge in [-0.1, -0.05) is 6.07 Å². The molecule has 0 fully saturated rings. The molecule has 0 saturated carbocycles. The molecule has 30 heavy (non-hydrogen) atoms. The Morgan fingerprint density at radius 3 is 2.63 bits per heavy atom. The summed E-state index contributed by atoms with van der Waals surface area (Å²) in [5, 5.41) is 12.7. The molecule has 1 aliphatic heterocycles. The van der Waals surface area contributed by atoms with Crippen LogP contribution in [-0.2, 0) is 17.8 Å². The Morgan fingerprint density at radius 2 is 2.03 bits per heavy atom. The average Bonchev–Trinajstić information content (AvgIpc) is 2.68. The highest BCUT2D eigenvalue weighted by Gasteiger charge is 2.37. The molecule has 0 bridgehead atoms. The smallest absolute Gasteiger partial charge is 0.276 e. The number of rotatable bonds is 5. The summed E-state index contributed by atoms with van der Waals surface area (Å²) in [6.07, 6.45) is 0.506. The minimum absolute atomic E-state index is 0.0224. The maximum absolute atomic E-state index is 13.7. The predicted molar refractivity (Wildman–Crippen MR) is 102 cm³/mol. The number of methoxy groups -OCH3 is 1. The molecule has 1 aliphatic rings. The SMILES string of the molecule is CO[C@H]1Cn2cc(C(=O)NCc3ccc(F)cc3F)c(=O)c(O)c2C(=O)N1C(C)C. The lowest BCUT2D eigenvalue weighted by Crippen LogP contribution is -2.53. The van der Waals surface area contributed by atoms with Gasteiger partial charge >= 0.3 is 0 Å². The van der Waals surface area contributed by atoms with Crippen LogP contribution < -0.4 is 10.7 Å². The van der Waals surface area contributed by atoms with Crippen molar-refractivity contribution in [1.82, 2.24) is 14.8 Å². The number of fused-ring (bicyclic) bond motifs is 1. The van der Waals surface area contributed by atoms with E-state index in [1.807, 2.05) is 0 Å². The highest BCUT2D eigenvalue weighted by Crippen LogP contribution is 2.25. The fraction of sp³-hybridized carbons (Fsp3) is 0.350. The summed E-state index contributed by atoms with van der Waals surface area (Å²) >= 11 is 0. The third-order valence-electron chi connectivity index (χ3n) is 4.88. The molecule has 0 unspecified atom stereocenters. The van der Waals surface area contributed by atoms with E-state index in [0.717, 1.165) is 12.3 Å². The van der Waals surface area contributed by atoms with E-state index in [1.165, 1.54) is 22.6 Å². The van der Waals surface area contributed by atoms with E-state index < -0.39 is 46.4 Å². The summed E-state index contributed by atoms with van der Waals surface area (Å²) < 4.78 is 33.4. The quantitative estimate of drug-likeness (QED) is 0.764. The second-order valence-corrected chi connectivity index (χ2v) is 7.14. The molecule has 0 aliphatic carbocycles. The third kappa shape index (κ3) is 3.78. The zero-order chi connectivity index (χ0) is 22.2. The first-order valence-corrected chi connectivity index (χ1v) is 9.19. The Kier molecular flexibility index (Phi) is 5.88. The minimum Gasteiger partial charge on any atom is -0.503 e. The highest BCUT2D eigenvalue weighted by molar-refractivity contribution is 5.99. The lowest BCUT2D eigenvalue weighted by molar-refractivity contribution is -0.0513. The summed E-state index contributed by atoms with van der Waals surface area (Å²) in [5.74, 6) is -3.92. The first-order valence-electron chi connectivity index (χ1n) is 9.19. The standard InChI is InChI=1S/C20H21F2N3O5/c1-10(2)25-15(30-3)9-24-8-13(17(26)18(27)16(24)20(25)29)19(28)23-7-11-4-5-12(21)6-14(11)22/h4-6,8,10,15,27H,7,9H2,1-3H3,(H,23,28)/t15-/m0/s1. The molecule has 1 atom stereocenters. The zero-order valence-corrected chi connectivity index (χ0v) is 16.6. The summed E-state index contributed by atoms with van der Waals surface area (Å²) in [6.45, 7) is 3.33. The molecule has 1 aromatic heterocycles. The number of nitrogens with one attached hydrogen (secondary N) is 1. The monoisotopic (exact) mass is 421 g/mol. The van der Waals surface area contributed by atoms with Crippen LogP contribution in [0.3, 0.4) is 0 Å². The summed E-state index contributed by atoms with van der Waals surface area (Å²) in [6, 6.07) is 2.64. The Morgan fingerprint density at radius 1 is 1.33 bits per heavy atom. The second-order valence-electron chi connectivity index (χ2n) is 7.14. The predicted octanol–water partition coefficient (Wildman–Crippen LogP) is 1.60. The number of hydrogen-bond acceptors (Lipinski definition) is 5. The molecule has 160 valence electrons. The fourth-order valence-electron chi connectivity index (χ4n) is 3.38. The Bertz CT molecular complexity index is 1070. The van der Waals surface area contributed by atoms with E-state index in [0.29, 0.717) is 6.07 Å². The van der Waals surface area contributed by atoms with Crippen molar-refractivity contribution in [3.63, 3.8) is 0 Å². The van der Waals surface area contributed by atoms with E-state index >= 15 is 0 Å². The van der Waals surface area contributed by atoms with Crippen molar-refractivity contribution in [2.45, 2.75) is 39.2 Å². The van der Waals surface area contributed by atoms with E-state index in [9.17, 15) is 28.3 Å². The lowest BCUT2D eigenvalue weighted by Gasteiger charge is -2.39. The number of benzene rings is 1. The maximum atomic E-state index is 13.7. The molecule has 2 amide bonds. The van der Waals surface area contributed by atoms with Crippen LogP contribution in [0.2, 0.25) is 0 Å². The zero-order valence-electron chi connectivity index (χ0n) is 16.6. The van der Waals surface area contributed by atoms with Gasteiger partial charge in [-0.2, -0.15) is 0 Å². The van der Waals surface area contributed by atoms with Crippen molar-refractivity contribution in [2.75, 3.05) is 7.11 Å². The topological polar surface area (TPSA) is 101 Å². The van der Waals surface area contributed by atoms with Crippen LogP contribution in [0.5, 0.6) is 5.75 Å². The van der Waals surface area contributed by atoms with Gasteiger partial charge in [-0.25, -0.2) is 8.78 Å². The molecule has 10 heteroatoms. The number of carbonyl (C=O) groups is 2. The summed E-state index contributed by atoms with van der Waals surface area (Å²) in [4.78, 5) is 39.2. The normalized spacial score (nSPS) is 16.0. The Balaban J connectivity index is 1.92. The first kappa shape index (κ1) is 21.4. The fourth-order valence-corrected chi connectivity index (χ4v) is 3.38. The molecule has 3 rings (SSSR count). The molecule has 0 radical (unpaired) electrons. The third-order valence-corrected chi connectivity index (χ3v) is 4.88. The molecule has 8 nitrogen and oxygen atoms in total. The Hall–Kier alpha value is -3.27. The van der Waals surface area contributed by atoms with Crippen LogP contribution >= 0.6 is 0 Å². The minimum atomic E-state index is -1.02. The van der Waals surface area contributed by atoms with Crippen molar-refractivity contribution >= 4 is 11.8 Å². The van der Waals surface area contributed by atoms with Gasteiger partial charge in [0.1, 0.15) is 17.2 Å². The molecular formula is C20H21F2N3O5. The van der Waals surface area contributed by atoms with Gasteiger partial charge in [0.15, 0.2) is 17.7 Å². The highest BCUT2D eigenvalue weighted by atomic mass is 19.1. The van der Waals surface area contributed by atoms with Gasteiger partial charge in [-0.15, -0.1) is 0 Å². The van der Waals surface area contributed by atoms with E-state index in [1.54, 1.807) is 13.8 Å². The number of aromatic nitrogens is 1. The van der Waals surface area contributed by atoms with E-state index in [2.05, 4.69) is 5.32 Å². The number of hydrogen-bond donors (Lipinski definition) is 2. The average molecular weight is 421 g/mol. The van der Waals surface area contributed by atoms with Crippen molar-refractivity contribution in [1.29, 1.82) is 0 Å². The molecule has 2 N–H and O–H groups in total. The number of ether oxygens (including phenoxy) is 1. The second kappa shape index (κ2) is 8.23. The van der Waals surface area contributed by atoms with Gasteiger partial charge < -0.3 is 24.6 Å². The molecule has 0 spiro atoms. The van der Waals surface area contributed by atoms with Crippen LogP contribution in [0.25, 0.3) is 0 Å². The molecule has 1 aromatic carbocycles. The van der Waals surface area contributed by atoms with Crippen molar-refractivity contribution in [2.24, 2.45) is 0 Å². The number of amides is 2. The van der Waals surface area contributed by atoms with Gasteiger partial charge in [0, 0.05) is 37.5 Å². The van der Waals surface area contributed by atoms with Gasteiger partial charge in [-0.05, 0) is 19.9 Å². The first-order chi connectivity index (χ1) is 14.1. The van der Waals surface area contributed by atoms with Gasteiger partial charge in [0.25, 0.3) is 11.8 Å². The molecule has 2 heterocycles. The number of halogens is 2. The van der Waals surface area contributed by atoms with Crippen LogP contribution in [0.15, 0.2) is 29.2 Å². The van der Waals surface area contributed by atoms with Crippen LogP contribution in [0.4, 0.5) is 8.78 Å². The van der Waals surface area contributed by atoms with E-state index in [4.69, 9.17) is 4.74 Å². The Labute approximate surface area is 170 Å². The number of nitrogens with zero attached hydrogens (tertiary/aromatic N) is 2. The van der Waals surface area contributed by atoms with Crippen molar-refractivity contribution < 1.29 is 28.2 Å². The number of pyridine rings is 1. The van der Waals surface area contributed by atoms with Gasteiger partial charge in [0.05, 0.1) is 6.54 Å². The summed E-state index contributed by atoms with van der Waals surface area (Å²) in [7, 11) is 1.42.